The highest BCUT2D eigenvalue weighted by atomic mass is 16.6. The predicted octanol–water partition coefficient (Wildman–Crippen LogP) is 7.77. The van der Waals surface area contributed by atoms with Crippen LogP contribution in [0, 0.1) is 6.92 Å². The van der Waals surface area contributed by atoms with Crippen LogP contribution in [-0.2, 0) is 23.7 Å². The van der Waals surface area contributed by atoms with Gasteiger partial charge in [-0.2, -0.15) is 0 Å². The SMILES string of the molecule is C/C=C(\C)c1cc(=O)c2c(C)cc3cc4c([C@H]5C[C@@H](N=[N+]=[N-])[C@H](OC(C)=O)[C@@H](C)O5)c(O)c([C@H]5C[C@@]6(C)[C@H](OC(=O)N6C)[C@H](C)O5)c(O)c4c(OC)c3c2o1. The molecule has 15 heteroatoms. The van der Waals surface area contributed by atoms with Crippen molar-refractivity contribution in [2.75, 3.05) is 14.2 Å². The summed E-state index contributed by atoms with van der Waals surface area (Å²) in [5.41, 5.74) is 10.3. The largest absolute Gasteiger partial charge is 0.507 e. The van der Waals surface area contributed by atoms with Crippen molar-refractivity contribution in [1.29, 1.82) is 0 Å². The third-order valence-electron chi connectivity index (χ3n) is 11.7. The molecule has 290 valence electrons. The molecule has 55 heavy (non-hydrogen) atoms. The normalized spacial score (nSPS) is 28.2. The number of benzene rings is 3. The molecule has 3 fully saturated rings. The van der Waals surface area contributed by atoms with E-state index in [4.69, 9.17) is 28.1 Å². The number of phenolic OH excluding ortho intramolecular Hbond substituents is 2. The van der Waals surface area contributed by atoms with Crippen molar-refractivity contribution in [1.82, 2.24) is 4.90 Å². The van der Waals surface area contributed by atoms with E-state index in [2.05, 4.69) is 10.0 Å². The zero-order valence-electron chi connectivity index (χ0n) is 32.1. The third-order valence-corrected chi connectivity index (χ3v) is 11.7. The van der Waals surface area contributed by atoms with Gasteiger partial charge in [-0.3, -0.25) is 9.59 Å². The number of rotatable bonds is 6. The fourth-order valence-corrected chi connectivity index (χ4v) is 8.80. The maximum Gasteiger partial charge on any atom is 0.410 e. The molecule has 2 N–H and O–H groups in total. The molecule has 3 saturated heterocycles. The third kappa shape index (κ3) is 5.80. The van der Waals surface area contributed by atoms with Gasteiger partial charge in [-0.15, -0.1) is 0 Å². The number of nitrogens with zero attached hydrogens (tertiary/aromatic N) is 4. The Labute approximate surface area is 316 Å². The van der Waals surface area contributed by atoms with E-state index in [0.717, 1.165) is 5.57 Å². The van der Waals surface area contributed by atoms with Crippen molar-refractivity contribution in [2.45, 2.75) is 110 Å². The number of allylic oxidation sites excluding steroid dienone is 2. The predicted molar refractivity (Wildman–Crippen MR) is 202 cm³/mol. The molecule has 7 rings (SSSR count). The van der Waals surface area contributed by atoms with Gasteiger partial charge in [-0.25, -0.2) is 4.79 Å². The molecule has 0 spiro atoms. The molecule has 0 bridgehead atoms. The number of likely N-dealkylation sites (N-methyl/N-ethyl adjacent to an activating group) is 1. The Morgan fingerprint density at radius 3 is 2.42 bits per heavy atom. The number of hydrogen-bond donors (Lipinski definition) is 2. The molecule has 0 saturated carbocycles. The fraction of sp³-hybridized carbons (Fsp3) is 0.475. The maximum atomic E-state index is 13.6. The lowest BCUT2D eigenvalue weighted by atomic mass is 9.79. The first-order chi connectivity index (χ1) is 26.1. The number of aromatic hydroxyl groups is 2. The Morgan fingerprint density at radius 1 is 1.05 bits per heavy atom. The van der Waals surface area contributed by atoms with Crippen LogP contribution in [-0.4, -0.2) is 77.3 Å². The first-order valence-electron chi connectivity index (χ1n) is 18.2. The second kappa shape index (κ2) is 13.7. The van der Waals surface area contributed by atoms with Crippen molar-refractivity contribution in [3.05, 3.63) is 67.4 Å². The topological polar surface area (TPSA) is 203 Å². The summed E-state index contributed by atoms with van der Waals surface area (Å²) in [6.07, 6.45) is -3.47. The van der Waals surface area contributed by atoms with Crippen LogP contribution < -0.4 is 10.2 Å². The summed E-state index contributed by atoms with van der Waals surface area (Å²) in [6, 6.07) is 4.14. The van der Waals surface area contributed by atoms with Crippen molar-refractivity contribution >= 4 is 50.1 Å². The van der Waals surface area contributed by atoms with Gasteiger partial charge in [0.05, 0.1) is 64.8 Å². The van der Waals surface area contributed by atoms with Gasteiger partial charge >= 0.3 is 12.1 Å². The molecule has 0 aliphatic carbocycles. The van der Waals surface area contributed by atoms with Crippen molar-refractivity contribution in [3.8, 4) is 17.2 Å². The number of carbonyl (C=O) groups excluding carboxylic acids is 2. The van der Waals surface area contributed by atoms with E-state index in [0.29, 0.717) is 32.9 Å². The van der Waals surface area contributed by atoms with Crippen LogP contribution >= 0.6 is 0 Å². The second-order valence-corrected chi connectivity index (χ2v) is 15.0. The van der Waals surface area contributed by atoms with Gasteiger partial charge in [0.25, 0.3) is 0 Å². The highest BCUT2D eigenvalue weighted by molar-refractivity contribution is 6.18. The molecule has 0 unspecified atom stereocenters. The molecule has 3 aromatic carbocycles. The van der Waals surface area contributed by atoms with Crippen molar-refractivity contribution in [3.63, 3.8) is 0 Å². The fourth-order valence-electron chi connectivity index (χ4n) is 8.80. The molecule has 1 aromatic heterocycles. The summed E-state index contributed by atoms with van der Waals surface area (Å²) in [4.78, 5) is 43.0. The zero-order chi connectivity index (χ0) is 39.8. The summed E-state index contributed by atoms with van der Waals surface area (Å²) in [6.45, 7) is 12.0. The Morgan fingerprint density at radius 2 is 1.76 bits per heavy atom. The average molecular weight is 757 g/mol. The summed E-state index contributed by atoms with van der Waals surface area (Å²) in [5.74, 6) is -0.742. The van der Waals surface area contributed by atoms with Crippen molar-refractivity contribution in [2.24, 2.45) is 5.11 Å². The Bertz CT molecular complexity index is 2440. The minimum absolute atomic E-state index is 0.00994. The molecular weight excluding hydrogens is 712 g/mol. The van der Waals surface area contributed by atoms with Gasteiger partial charge in [0, 0.05) is 36.9 Å². The first-order valence-corrected chi connectivity index (χ1v) is 18.2. The number of amides is 1. The van der Waals surface area contributed by atoms with Crippen LogP contribution in [0.2, 0.25) is 0 Å². The Kier molecular flexibility index (Phi) is 9.39. The van der Waals surface area contributed by atoms with E-state index in [-0.39, 0.29) is 57.6 Å². The minimum Gasteiger partial charge on any atom is -0.507 e. The molecule has 3 aliphatic heterocycles. The molecule has 4 aromatic rings. The van der Waals surface area contributed by atoms with Gasteiger partial charge in [-0.05, 0) is 81.5 Å². The number of ether oxygens (including phenoxy) is 5. The van der Waals surface area contributed by atoms with Gasteiger partial charge in [0.2, 0.25) is 0 Å². The lowest BCUT2D eigenvalue weighted by Gasteiger charge is -2.45. The average Bonchev–Trinajstić information content (AvgIpc) is 3.35. The molecule has 4 heterocycles. The molecule has 0 radical (unpaired) electrons. The van der Waals surface area contributed by atoms with Crippen molar-refractivity contribution < 1.29 is 47.9 Å². The van der Waals surface area contributed by atoms with Crippen LogP contribution in [0.5, 0.6) is 17.2 Å². The second-order valence-electron chi connectivity index (χ2n) is 15.0. The standard InChI is InChI=1S/C40H44N4O11/c1-10-16(2)25-14-24(46)28-17(3)11-21-12-22-30(26-13-23(42-43-41)35(18(4)51-26)53-20(6)45)33(47)32(34(48)31(22)36(50-9)29(21)37(28)54-25)27-15-40(7)38(19(5)52-27)55-39(49)44(40)8/h10-12,14,18-19,23,26-27,35,38,47-48H,13,15H2,1-9H3/b16-10+/t18-,19+,23-,26-,27-,35-,38-,40+/m1/s1. The highest BCUT2D eigenvalue weighted by Gasteiger charge is 2.57. The number of methoxy groups -OCH3 is 1. The van der Waals surface area contributed by atoms with Crippen LogP contribution in [0.4, 0.5) is 4.79 Å². The molecule has 15 nitrogen and oxygen atoms in total. The van der Waals surface area contributed by atoms with Crippen LogP contribution in [0.25, 0.3) is 48.5 Å². The van der Waals surface area contributed by atoms with Crippen LogP contribution in [0.1, 0.15) is 89.0 Å². The molecular formula is C40H44N4O11. The van der Waals surface area contributed by atoms with E-state index in [1.54, 1.807) is 33.9 Å². The summed E-state index contributed by atoms with van der Waals surface area (Å²) in [5, 5.41) is 30.8. The Balaban J connectivity index is 1.58. The van der Waals surface area contributed by atoms with Gasteiger partial charge in [0.1, 0.15) is 34.7 Å². The maximum absolute atomic E-state index is 13.6. The first kappa shape index (κ1) is 37.8. The van der Waals surface area contributed by atoms with Gasteiger partial charge in [-0.1, -0.05) is 17.3 Å². The molecule has 8 atom stereocenters. The number of esters is 1. The number of phenols is 2. The number of aryl methyl sites for hydroxylation is 1. The van der Waals surface area contributed by atoms with E-state index in [1.165, 1.54) is 25.0 Å². The van der Waals surface area contributed by atoms with E-state index >= 15 is 0 Å². The summed E-state index contributed by atoms with van der Waals surface area (Å²) >= 11 is 0. The van der Waals surface area contributed by atoms with Crippen LogP contribution in [0.15, 0.2) is 38.6 Å². The highest BCUT2D eigenvalue weighted by Crippen LogP contribution is 2.57. The number of fused-ring (bicyclic) bond motifs is 5. The number of hydrogen-bond acceptors (Lipinski definition) is 12. The lowest BCUT2D eigenvalue weighted by molar-refractivity contribution is -0.171. The molecule has 3 aliphatic rings. The van der Waals surface area contributed by atoms with Gasteiger partial charge in [0.15, 0.2) is 11.5 Å². The van der Waals surface area contributed by atoms with E-state index < -0.39 is 60.3 Å². The smallest absolute Gasteiger partial charge is 0.410 e. The van der Waals surface area contributed by atoms with Gasteiger partial charge < -0.3 is 43.2 Å². The molecule has 1 amide bonds. The van der Waals surface area contributed by atoms with E-state index in [9.17, 15) is 30.1 Å². The minimum atomic E-state index is -0.976. The Hall–Kier alpha value is -5.50. The zero-order valence-corrected chi connectivity index (χ0v) is 32.1. The summed E-state index contributed by atoms with van der Waals surface area (Å²) < 4.78 is 36.8. The summed E-state index contributed by atoms with van der Waals surface area (Å²) in [7, 11) is 3.07. The number of azide groups is 1. The quantitative estimate of drug-likeness (QED) is 0.0486. The van der Waals surface area contributed by atoms with E-state index in [1.807, 2.05) is 32.9 Å². The lowest BCUT2D eigenvalue weighted by Crippen LogP contribution is -2.55. The van der Waals surface area contributed by atoms with Crippen LogP contribution in [0.3, 0.4) is 0 Å². The number of carbonyl (C=O) groups is 2. The monoisotopic (exact) mass is 756 g/mol.